The van der Waals surface area contributed by atoms with Gasteiger partial charge in [-0.25, -0.2) is 9.37 Å². The molecule has 2 heterocycles. The van der Waals surface area contributed by atoms with Crippen LogP contribution in [0.25, 0.3) is 22.4 Å². The lowest BCUT2D eigenvalue weighted by molar-refractivity contribution is 0.0696. The molecule has 1 aliphatic rings. The molecule has 31 heavy (non-hydrogen) atoms. The Kier molecular flexibility index (Phi) is 5.20. The Hall–Kier alpha value is -3.18. The lowest BCUT2D eigenvalue weighted by Crippen LogP contribution is -2.39. The summed E-state index contributed by atoms with van der Waals surface area (Å²) in [7, 11) is 0. The molecule has 3 aromatic carbocycles. The Morgan fingerprint density at radius 2 is 1.74 bits per heavy atom. The number of imidazole rings is 1. The van der Waals surface area contributed by atoms with Crippen molar-refractivity contribution in [1.82, 2.24) is 14.5 Å². The summed E-state index contributed by atoms with van der Waals surface area (Å²) >= 11 is 6.05. The molecule has 6 heteroatoms. The van der Waals surface area contributed by atoms with E-state index in [1.165, 1.54) is 6.07 Å². The molecular formula is C25H21ClFN3O. The summed E-state index contributed by atoms with van der Waals surface area (Å²) in [6, 6.07) is 21.9. The number of fused-ring (bicyclic) bond motifs is 1. The molecule has 5 rings (SSSR count). The molecule has 0 bridgehead atoms. The van der Waals surface area contributed by atoms with Crippen molar-refractivity contribution >= 4 is 28.5 Å². The first kappa shape index (κ1) is 19.8. The Balaban J connectivity index is 1.45. The van der Waals surface area contributed by atoms with Gasteiger partial charge in [-0.3, -0.25) is 4.79 Å². The third-order valence-electron chi connectivity index (χ3n) is 5.87. The third-order valence-corrected chi connectivity index (χ3v) is 6.11. The first-order chi connectivity index (χ1) is 15.1. The lowest BCUT2D eigenvalue weighted by atomic mass is 10.0. The summed E-state index contributed by atoms with van der Waals surface area (Å²) in [6.45, 7) is 1.25. The number of carbonyl (C=O) groups excluding carboxylic acids is 1. The van der Waals surface area contributed by atoms with Gasteiger partial charge in [-0.05, 0) is 49.2 Å². The van der Waals surface area contributed by atoms with E-state index in [9.17, 15) is 9.18 Å². The van der Waals surface area contributed by atoms with Crippen LogP contribution in [0.5, 0.6) is 0 Å². The van der Waals surface area contributed by atoms with Crippen LogP contribution in [-0.2, 0) is 0 Å². The summed E-state index contributed by atoms with van der Waals surface area (Å²) in [6.07, 6.45) is 1.54. The zero-order chi connectivity index (χ0) is 21.4. The highest BCUT2D eigenvalue weighted by Gasteiger charge is 2.28. The predicted molar refractivity (Wildman–Crippen MR) is 121 cm³/mol. The standard InChI is InChI=1S/C25H21ClFN3O/c26-19-8-4-7-18(15-19)25(31)29-13-11-21(12-14-29)30-23-16-20(27)9-10-22(23)28-24(30)17-5-2-1-3-6-17/h1-10,15-16,21H,11-14H2. The zero-order valence-corrected chi connectivity index (χ0v) is 17.6. The van der Waals surface area contributed by atoms with Crippen LogP contribution in [0.1, 0.15) is 29.2 Å². The molecule has 1 aromatic heterocycles. The predicted octanol–water partition coefficient (Wildman–Crippen LogP) is 5.97. The van der Waals surface area contributed by atoms with Crippen molar-refractivity contribution in [2.75, 3.05) is 13.1 Å². The Morgan fingerprint density at radius 3 is 2.48 bits per heavy atom. The van der Waals surface area contributed by atoms with Crippen LogP contribution in [-0.4, -0.2) is 33.4 Å². The molecule has 1 amide bonds. The molecule has 0 radical (unpaired) electrons. The van der Waals surface area contributed by atoms with E-state index in [2.05, 4.69) is 4.57 Å². The van der Waals surface area contributed by atoms with Gasteiger partial charge < -0.3 is 9.47 Å². The van der Waals surface area contributed by atoms with Gasteiger partial charge in [0.15, 0.2) is 0 Å². The summed E-state index contributed by atoms with van der Waals surface area (Å²) < 4.78 is 16.2. The minimum absolute atomic E-state index is 0.00855. The fourth-order valence-electron chi connectivity index (χ4n) is 4.36. The molecule has 0 unspecified atom stereocenters. The number of piperidine rings is 1. The Bertz CT molecular complexity index is 1250. The first-order valence-corrected chi connectivity index (χ1v) is 10.8. The normalized spacial score (nSPS) is 14.8. The largest absolute Gasteiger partial charge is 0.338 e. The molecule has 0 atom stereocenters. The minimum atomic E-state index is -0.276. The van der Waals surface area contributed by atoms with Crippen molar-refractivity contribution in [3.8, 4) is 11.4 Å². The van der Waals surface area contributed by atoms with E-state index in [-0.39, 0.29) is 17.8 Å². The summed E-state index contributed by atoms with van der Waals surface area (Å²) in [5.41, 5.74) is 3.17. The van der Waals surface area contributed by atoms with Crippen LogP contribution in [0.2, 0.25) is 5.02 Å². The summed E-state index contributed by atoms with van der Waals surface area (Å²) in [5.74, 6) is 0.549. The van der Waals surface area contributed by atoms with E-state index in [0.29, 0.717) is 23.7 Å². The van der Waals surface area contributed by atoms with Gasteiger partial charge in [-0.2, -0.15) is 0 Å². The minimum Gasteiger partial charge on any atom is -0.338 e. The SMILES string of the molecule is O=C(c1cccc(Cl)c1)N1CCC(n2c(-c3ccccc3)nc3ccc(F)cc32)CC1. The average Bonchev–Trinajstić information content (AvgIpc) is 3.18. The van der Waals surface area contributed by atoms with Gasteiger partial charge in [0, 0.05) is 35.3 Å². The molecule has 1 aliphatic heterocycles. The monoisotopic (exact) mass is 433 g/mol. The lowest BCUT2D eigenvalue weighted by Gasteiger charge is -2.33. The highest BCUT2D eigenvalue weighted by Crippen LogP contribution is 2.34. The number of nitrogens with zero attached hydrogens (tertiary/aromatic N) is 3. The van der Waals surface area contributed by atoms with Crippen molar-refractivity contribution < 1.29 is 9.18 Å². The third kappa shape index (κ3) is 3.81. The second-order valence-corrected chi connectivity index (χ2v) is 8.27. The van der Waals surface area contributed by atoms with Crippen molar-refractivity contribution in [3.05, 3.63) is 89.2 Å². The van der Waals surface area contributed by atoms with Gasteiger partial charge in [-0.15, -0.1) is 0 Å². The molecule has 4 aromatic rings. The smallest absolute Gasteiger partial charge is 0.253 e. The number of hydrogen-bond donors (Lipinski definition) is 0. The maximum absolute atomic E-state index is 14.1. The molecule has 4 nitrogen and oxygen atoms in total. The van der Waals surface area contributed by atoms with Crippen molar-refractivity contribution in [1.29, 1.82) is 0 Å². The maximum Gasteiger partial charge on any atom is 0.253 e. The van der Waals surface area contributed by atoms with E-state index in [1.807, 2.05) is 35.2 Å². The molecular weight excluding hydrogens is 413 g/mol. The second kappa shape index (κ2) is 8.16. The number of likely N-dealkylation sites (tertiary alicyclic amines) is 1. The van der Waals surface area contributed by atoms with Crippen LogP contribution >= 0.6 is 11.6 Å². The van der Waals surface area contributed by atoms with E-state index < -0.39 is 0 Å². The molecule has 0 aliphatic carbocycles. The van der Waals surface area contributed by atoms with Crippen LogP contribution in [0.3, 0.4) is 0 Å². The van der Waals surface area contributed by atoms with Crippen molar-refractivity contribution in [2.45, 2.75) is 18.9 Å². The van der Waals surface area contributed by atoms with Gasteiger partial charge >= 0.3 is 0 Å². The summed E-state index contributed by atoms with van der Waals surface area (Å²) in [5, 5.41) is 0.556. The number of halogens is 2. The fraction of sp³-hybridized carbons (Fsp3) is 0.200. The fourth-order valence-corrected chi connectivity index (χ4v) is 4.55. The topological polar surface area (TPSA) is 38.1 Å². The van der Waals surface area contributed by atoms with Crippen molar-refractivity contribution in [2.24, 2.45) is 0 Å². The molecule has 0 spiro atoms. The van der Waals surface area contributed by atoms with Crippen molar-refractivity contribution in [3.63, 3.8) is 0 Å². The number of aromatic nitrogens is 2. The van der Waals surface area contributed by atoms with Gasteiger partial charge in [0.2, 0.25) is 0 Å². The van der Waals surface area contributed by atoms with Crippen LogP contribution in [0.4, 0.5) is 4.39 Å². The number of hydrogen-bond acceptors (Lipinski definition) is 2. The Labute approximate surface area is 184 Å². The average molecular weight is 434 g/mol. The second-order valence-electron chi connectivity index (χ2n) is 7.84. The van der Waals surface area contributed by atoms with E-state index in [1.54, 1.807) is 36.4 Å². The van der Waals surface area contributed by atoms with Crippen LogP contribution in [0, 0.1) is 5.82 Å². The first-order valence-electron chi connectivity index (χ1n) is 10.4. The highest BCUT2D eigenvalue weighted by atomic mass is 35.5. The van der Waals surface area contributed by atoms with E-state index in [4.69, 9.17) is 16.6 Å². The van der Waals surface area contributed by atoms with Gasteiger partial charge in [0.05, 0.1) is 11.0 Å². The zero-order valence-electron chi connectivity index (χ0n) is 16.8. The molecule has 1 fully saturated rings. The summed E-state index contributed by atoms with van der Waals surface area (Å²) in [4.78, 5) is 19.6. The van der Waals surface area contributed by atoms with Crippen LogP contribution in [0.15, 0.2) is 72.8 Å². The maximum atomic E-state index is 14.1. The van der Waals surface area contributed by atoms with E-state index >= 15 is 0 Å². The molecule has 0 N–H and O–H groups in total. The number of amides is 1. The van der Waals surface area contributed by atoms with Gasteiger partial charge in [0.25, 0.3) is 5.91 Å². The van der Waals surface area contributed by atoms with Gasteiger partial charge in [0.1, 0.15) is 11.6 Å². The molecule has 156 valence electrons. The molecule has 1 saturated heterocycles. The molecule has 0 saturated carbocycles. The number of benzene rings is 3. The number of rotatable bonds is 3. The highest BCUT2D eigenvalue weighted by molar-refractivity contribution is 6.30. The Morgan fingerprint density at radius 1 is 0.968 bits per heavy atom. The van der Waals surface area contributed by atoms with Crippen LogP contribution < -0.4 is 0 Å². The van der Waals surface area contributed by atoms with E-state index in [0.717, 1.165) is 35.3 Å². The quantitative estimate of drug-likeness (QED) is 0.399. The number of carbonyl (C=O) groups is 1. The van der Waals surface area contributed by atoms with Gasteiger partial charge in [-0.1, -0.05) is 48.0 Å².